The van der Waals surface area contributed by atoms with E-state index in [1.807, 2.05) is 30.3 Å². The number of sulfone groups is 1. The Morgan fingerprint density at radius 1 is 0.952 bits per heavy atom. The summed E-state index contributed by atoms with van der Waals surface area (Å²) < 4.78 is 28.8. The smallest absolute Gasteiger partial charge is 0.151 e. The molecule has 21 heavy (non-hydrogen) atoms. The van der Waals surface area contributed by atoms with Crippen LogP contribution in [0.4, 0.5) is 0 Å². The van der Waals surface area contributed by atoms with Crippen LogP contribution in [0.5, 0.6) is 11.5 Å². The second-order valence-corrected chi connectivity index (χ2v) is 7.45. The summed E-state index contributed by atoms with van der Waals surface area (Å²) in [4.78, 5) is 0. The maximum Gasteiger partial charge on any atom is 0.151 e. The second kappa shape index (κ2) is 6.28. The molecular weight excluding hydrogens is 286 g/mol. The van der Waals surface area contributed by atoms with Crippen LogP contribution < -0.4 is 10.5 Å². The Kier molecular flexibility index (Phi) is 4.65. The number of nitrogens with two attached hydrogens (primary N) is 1. The van der Waals surface area contributed by atoms with Gasteiger partial charge in [0.15, 0.2) is 9.84 Å². The summed E-state index contributed by atoms with van der Waals surface area (Å²) in [5.41, 5.74) is 6.78. The summed E-state index contributed by atoms with van der Waals surface area (Å²) in [6.45, 7) is 1.62. The first-order valence-electron chi connectivity index (χ1n) is 6.65. The summed E-state index contributed by atoms with van der Waals surface area (Å²) in [5.74, 6) is 1.43. The van der Waals surface area contributed by atoms with Gasteiger partial charge in [0, 0.05) is 12.3 Å². The fourth-order valence-electron chi connectivity index (χ4n) is 1.92. The van der Waals surface area contributed by atoms with Crippen molar-refractivity contribution in [3.05, 3.63) is 60.2 Å². The van der Waals surface area contributed by atoms with Gasteiger partial charge in [-0.2, -0.15) is 0 Å². The van der Waals surface area contributed by atoms with Gasteiger partial charge >= 0.3 is 0 Å². The van der Waals surface area contributed by atoms with Crippen molar-refractivity contribution in [2.45, 2.75) is 18.2 Å². The highest BCUT2D eigenvalue weighted by molar-refractivity contribution is 7.91. The van der Waals surface area contributed by atoms with Crippen LogP contribution in [0.25, 0.3) is 0 Å². The maximum absolute atomic E-state index is 11.5. The van der Waals surface area contributed by atoms with Gasteiger partial charge in [0.2, 0.25) is 0 Å². The molecule has 0 saturated carbocycles. The first kappa shape index (κ1) is 15.5. The van der Waals surface area contributed by atoms with Crippen LogP contribution in [0.1, 0.15) is 18.5 Å². The lowest BCUT2D eigenvalue weighted by molar-refractivity contribution is 0.482. The molecule has 2 atom stereocenters. The molecule has 112 valence electrons. The third kappa shape index (κ3) is 4.06. The first-order chi connectivity index (χ1) is 9.88. The fourth-order valence-corrected chi connectivity index (χ4v) is 2.61. The summed E-state index contributed by atoms with van der Waals surface area (Å²) in [7, 11) is -3.17. The van der Waals surface area contributed by atoms with Gasteiger partial charge in [-0.05, 0) is 36.8 Å². The summed E-state index contributed by atoms with van der Waals surface area (Å²) in [5, 5.41) is -0.626. The van der Waals surface area contributed by atoms with Gasteiger partial charge in [0.05, 0.1) is 5.25 Å². The minimum atomic E-state index is -3.17. The molecule has 2 aromatic carbocycles. The molecule has 2 N–H and O–H groups in total. The minimum absolute atomic E-state index is 0.550. The molecule has 4 nitrogen and oxygen atoms in total. The third-order valence-electron chi connectivity index (χ3n) is 3.42. The van der Waals surface area contributed by atoms with E-state index in [0.717, 1.165) is 11.3 Å². The summed E-state index contributed by atoms with van der Waals surface area (Å²) in [6, 6.07) is 16.1. The van der Waals surface area contributed by atoms with E-state index in [-0.39, 0.29) is 0 Å². The van der Waals surface area contributed by atoms with E-state index < -0.39 is 21.1 Å². The van der Waals surface area contributed by atoms with Crippen molar-refractivity contribution in [2.75, 3.05) is 6.26 Å². The third-order valence-corrected chi connectivity index (χ3v) is 5.07. The molecular formula is C16H19NO3S. The Labute approximate surface area is 125 Å². The Bertz CT molecular complexity index is 681. The predicted octanol–water partition coefficient (Wildman–Crippen LogP) is 2.91. The predicted molar refractivity (Wildman–Crippen MR) is 84.2 cm³/mol. The Balaban J connectivity index is 2.12. The molecule has 2 unspecified atom stereocenters. The molecule has 2 aromatic rings. The highest BCUT2D eigenvalue weighted by atomic mass is 32.2. The number of rotatable bonds is 5. The van der Waals surface area contributed by atoms with Crippen LogP contribution in [0.3, 0.4) is 0 Å². The molecule has 0 heterocycles. The molecule has 0 bridgehead atoms. The molecule has 0 fully saturated rings. The molecule has 0 aliphatic rings. The normalized spacial score (nSPS) is 14.4. The lowest BCUT2D eigenvalue weighted by Gasteiger charge is -2.18. The average Bonchev–Trinajstić information content (AvgIpc) is 2.46. The van der Waals surface area contributed by atoms with E-state index in [2.05, 4.69) is 0 Å². The van der Waals surface area contributed by atoms with Crippen LogP contribution in [-0.4, -0.2) is 19.9 Å². The molecule has 5 heteroatoms. The summed E-state index contributed by atoms with van der Waals surface area (Å²) >= 11 is 0. The van der Waals surface area contributed by atoms with Gasteiger partial charge in [-0.25, -0.2) is 8.42 Å². The largest absolute Gasteiger partial charge is 0.457 e. The van der Waals surface area contributed by atoms with E-state index >= 15 is 0 Å². The SMILES string of the molecule is CC(C(N)c1ccc(Oc2ccccc2)cc1)S(C)(=O)=O. The molecule has 0 aliphatic carbocycles. The first-order valence-corrected chi connectivity index (χ1v) is 8.60. The number of benzene rings is 2. The van der Waals surface area contributed by atoms with E-state index in [4.69, 9.17) is 10.5 Å². The molecule has 0 aromatic heterocycles. The van der Waals surface area contributed by atoms with Gasteiger partial charge in [-0.1, -0.05) is 30.3 Å². The number of ether oxygens (including phenoxy) is 1. The molecule has 0 amide bonds. The molecule has 0 aliphatic heterocycles. The highest BCUT2D eigenvalue weighted by Gasteiger charge is 2.23. The van der Waals surface area contributed by atoms with Crippen molar-refractivity contribution in [2.24, 2.45) is 5.73 Å². The Morgan fingerprint density at radius 2 is 1.48 bits per heavy atom. The Morgan fingerprint density at radius 3 is 2.00 bits per heavy atom. The Hall–Kier alpha value is -1.85. The zero-order valence-corrected chi connectivity index (χ0v) is 12.9. The lowest BCUT2D eigenvalue weighted by atomic mass is 10.1. The van der Waals surface area contributed by atoms with Crippen molar-refractivity contribution in [3.63, 3.8) is 0 Å². The van der Waals surface area contributed by atoms with E-state index in [1.165, 1.54) is 6.26 Å². The van der Waals surface area contributed by atoms with Crippen LogP contribution in [0, 0.1) is 0 Å². The van der Waals surface area contributed by atoms with Crippen LogP contribution >= 0.6 is 0 Å². The molecule has 0 spiro atoms. The average molecular weight is 305 g/mol. The van der Waals surface area contributed by atoms with Gasteiger partial charge in [0.25, 0.3) is 0 Å². The van der Waals surface area contributed by atoms with Crippen molar-refractivity contribution < 1.29 is 13.2 Å². The number of hydrogen-bond acceptors (Lipinski definition) is 4. The van der Waals surface area contributed by atoms with Crippen molar-refractivity contribution >= 4 is 9.84 Å². The standard InChI is InChI=1S/C16H19NO3S/c1-12(21(2,18)19)16(17)13-8-10-15(11-9-13)20-14-6-4-3-5-7-14/h3-12,16H,17H2,1-2H3. The van der Waals surface area contributed by atoms with Crippen molar-refractivity contribution in [3.8, 4) is 11.5 Å². The highest BCUT2D eigenvalue weighted by Crippen LogP contribution is 2.25. The van der Waals surface area contributed by atoms with E-state index in [0.29, 0.717) is 5.75 Å². The van der Waals surface area contributed by atoms with Gasteiger partial charge in [-0.3, -0.25) is 0 Å². The molecule has 0 saturated heterocycles. The lowest BCUT2D eigenvalue weighted by Crippen LogP contribution is -2.30. The van der Waals surface area contributed by atoms with Crippen LogP contribution in [0.15, 0.2) is 54.6 Å². The number of para-hydroxylation sites is 1. The van der Waals surface area contributed by atoms with Crippen molar-refractivity contribution in [1.82, 2.24) is 0 Å². The monoisotopic (exact) mass is 305 g/mol. The van der Waals surface area contributed by atoms with Crippen molar-refractivity contribution in [1.29, 1.82) is 0 Å². The number of hydrogen-bond donors (Lipinski definition) is 1. The van der Waals surface area contributed by atoms with Gasteiger partial charge in [-0.15, -0.1) is 0 Å². The fraction of sp³-hybridized carbons (Fsp3) is 0.250. The topological polar surface area (TPSA) is 69.4 Å². The van der Waals surface area contributed by atoms with E-state index in [1.54, 1.807) is 31.2 Å². The minimum Gasteiger partial charge on any atom is -0.457 e. The van der Waals surface area contributed by atoms with Gasteiger partial charge in [0.1, 0.15) is 11.5 Å². The maximum atomic E-state index is 11.5. The molecule has 2 rings (SSSR count). The van der Waals surface area contributed by atoms with Gasteiger partial charge < -0.3 is 10.5 Å². The zero-order chi connectivity index (χ0) is 15.5. The van der Waals surface area contributed by atoms with Crippen LogP contribution in [-0.2, 0) is 9.84 Å². The van der Waals surface area contributed by atoms with E-state index in [9.17, 15) is 8.42 Å². The quantitative estimate of drug-likeness (QED) is 0.922. The molecule has 0 radical (unpaired) electrons. The van der Waals surface area contributed by atoms with Crippen LogP contribution in [0.2, 0.25) is 0 Å². The summed E-state index contributed by atoms with van der Waals surface area (Å²) in [6.07, 6.45) is 1.20. The second-order valence-electron chi connectivity index (χ2n) is 5.04. The zero-order valence-electron chi connectivity index (χ0n) is 12.1.